The molecular weight excluding hydrogens is 194 g/mol. The van der Waals surface area contributed by atoms with Crippen molar-refractivity contribution in [3.63, 3.8) is 0 Å². The van der Waals surface area contributed by atoms with Crippen molar-refractivity contribution >= 4 is 0 Å². The van der Waals surface area contributed by atoms with E-state index in [0.29, 0.717) is 11.8 Å². The van der Waals surface area contributed by atoms with Gasteiger partial charge in [-0.25, -0.2) is 0 Å². The Morgan fingerprint density at radius 3 is 2.25 bits per heavy atom. The maximum absolute atomic E-state index is 3.41. The lowest BCUT2D eigenvalue weighted by Crippen LogP contribution is -2.14. The number of hydrogen-bond acceptors (Lipinski definition) is 1. The Hall–Kier alpha value is -0.820. The third-order valence-electron chi connectivity index (χ3n) is 3.02. The molecule has 0 aromatic heterocycles. The van der Waals surface area contributed by atoms with Crippen LogP contribution in [0.25, 0.3) is 0 Å². The normalized spacial score (nSPS) is 11.4. The molecule has 0 aliphatic carbocycles. The predicted molar refractivity (Wildman–Crippen MR) is 72.0 cm³/mol. The average molecular weight is 219 g/mol. The zero-order chi connectivity index (χ0) is 12.1. The minimum absolute atomic E-state index is 0.604. The monoisotopic (exact) mass is 219 g/mol. The van der Waals surface area contributed by atoms with Crippen LogP contribution >= 0.6 is 0 Å². The largest absolute Gasteiger partial charge is 0.313 e. The molecule has 0 heterocycles. The van der Waals surface area contributed by atoms with Crippen LogP contribution in [-0.4, -0.2) is 6.54 Å². The van der Waals surface area contributed by atoms with Gasteiger partial charge >= 0.3 is 0 Å². The zero-order valence-corrected chi connectivity index (χ0v) is 11.3. The van der Waals surface area contributed by atoms with Crippen LogP contribution < -0.4 is 5.32 Å². The van der Waals surface area contributed by atoms with Crippen molar-refractivity contribution in [2.45, 2.75) is 53.0 Å². The second-order valence-electron chi connectivity index (χ2n) is 5.05. The smallest absolute Gasteiger partial charge is 0.0208 e. The van der Waals surface area contributed by atoms with Crippen LogP contribution in [0.3, 0.4) is 0 Å². The fourth-order valence-corrected chi connectivity index (χ4v) is 1.93. The Balaban J connectivity index is 2.99. The lowest BCUT2D eigenvalue weighted by atomic mass is 9.91. The summed E-state index contributed by atoms with van der Waals surface area (Å²) < 4.78 is 0. The minimum atomic E-state index is 0.604. The van der Waals surface area contributed by atoms with Crippen molar-refractivity contribution in [2.75, 3.05) is 6.54 Å². The molecule has 0 saturated carbocycles. The molecule has 16 heavy (non-hydrogen) atoms. The highest BCUT2D eigenvalue weighted by Gasteiger charge is 2.08. The van der Waals surface area contributed by atoms with E-state index < -0.39 is 0 Å². The molecule has 0 aliphatic rings. The number of nitrogens with one attached hydrogen (secondary N) is 1. The van der Waals surface area contributed by atoms with Crippen molar-refractivity contribution in [1.29, 1.82) is 0 Å². The molecule has 0 spiro atoms. The summed E-state index contributed by atoms with van der Waals surface area (Å²) in [5.41, 5.74) is 4.39. The molecule has 0 saturated heterocycles. The zero-order valence-electron chi connectivity index (χ0n) is 11.3. The molecule has 0 unspecified atom stereocenters. The van der Waals surface area contributed by atoms with E-state index in [9.17, 15) is 0 Å². The summed E-state index contributed by atoms with van der Waals surface area (Å²) in [6, 6.07) is 6.93. The van der Waals surface area contributed by atoms with Gasteiger partial charge in [0, 0.05) is 6.54 Å². The van der Waals surface area contributed by atoms with Gasteiger partial charge in [0.25, 0.3) is 0 Å². The fourth-order valence-electron chi connectivity index (χ4n) is 1.93. The van der Waals surface area contributed by atoms with Gasteiger partial charge in [-0.2, -0.15) is 0 Å². The number of rotatable bonds is 5. The van der Waals surface area contributed by atoms with E-state index in [2.05, 4.69) is 58.1 Å². The lowest BCUT2D eigenvalue weighted by molar-refractivity contribution is 0.708. The van der Waals surface area contributed by atoms with E-state index in [1.165, 1.54) is 16.7 Å². The second kappa shape index (κ2) is 6.05. The molecule has 1 aromatic rings. The Kier molecular flexibility index (Phi) is 5.01. The molecule has 0 fully saturated rings. The first-order valence-electron chi connectivity index (χ1n) is 6.39. The van der Waals surface area contributed by atoms with Crippen LogP contribution in [0, 0.1) is 0 Å². The first-order valence-corrected chi connectivity index (χ1v) is 6.39. The molecule has 1 rings (SSSR count). The highest BCUT2D eigenvalue weighted by molar-refractivity contribution is 5.35. The van der Waals surface area contributed by atoms with Gasteiger partial charge in [0.05, 0.1) is 0 Å². The first-order chi connectivity index (χ1) is 7.56. The van der Waals surface area contributed by atoms with Gasteiger partial charge in [-0.05, 0) is 35.1 Å². The summed E-state index contributed by atoms with van der Waals surface area (Å²) in [6.45, 7) is 13.2. The third-order valence-corrected chi connectivity index (χ3v) is 3.02. The summed E-state index contributed by atoms with van der Waals surface area (Å²) in [4.78, 5) is 0. The van der Waals surface area contributed by atoms with Crippen LogP contribution in [-0.2, 0) is 6.54 Å². The molecule has 1 aromatic carbocycles. The summed E-state index contributed by atoms with van der Waals surface area (Å²) in [6.07, 6.45) is 0. The summed E-state index contributed by atoms with van der Waals surface area (Å²) in [7, 11) is 0. The van der Waals surface area contributed by atoms with Crippen LogP contribution in [0.1, 0.15) is 63.1 Å². The maximum atomic E-state index is 3.41. The van der Waals surface area contributed by atoms with Crippen LogP contribution in [0.15, 0.2) is 18.2 Å². The van der Waals surface area contributed by atoms with E-state index in [1.54, 1.807) is 0 Å². The highest BCUT2D eigenvalue weighted by Crippen LogP contribution is 2.24. The summed E-state index contributed by atoms with van der Waals surface area (Å²) >= 11 is 0. The molecule has 1 nitrogen and oxygen atoms in total. The fraction of sp³-hybridized carbons (Fsp3) is 0.600. The average Bonchev–Trinajstić information content (AvgIpc) is 2.25. The van der Waals surface area contributed by atoms with Crippen molar-refractivity contribution < 1.29 is 0 Å². The minimum Gasteiger partial charge on any atom is -0.313 e. The van der Waals surface area contributed by atoms with Gasteiger partial charge in [0.2, 0.25) is 0 Å². The van der Waals surface area contributed by atoms with Gasteiger partial charge < -0.3 is 5.32 Å². The van der Waals surface area contributed by atoms with Gasteiger partial charge in [-0.1, -0.05) is 52.8 Å². The topological polar surface area (TPSA) is 12.0 Å². The van der Waals surface area contributed by atoms with Gasteiger partial charge in [-0.15, -0.1) is 0 Å². The molecule has 90 valence electrons. The molecule has 0 amide bonds. The third kappa shape index (κ3) is 3.34. The van der Waals surface area contributed by atoms with Crippen LogP contribution in [0.4, 0.5) is 0 Å². The van der Waals surface area contributed by atoms with Gasteiger partial charge in [-0.3, -0.25) is 0 Å². The molecule has 0 atom stereocenters. The lowest BCUT2D eigenvalue weighted by Gasteiger charge is -2.16. The van der Waals surface area contributed by atoms with Crippen molar-refractivity contribution in [3.05, 3.63) is 34.9 Å². The van der Waals surface area contributed by atoms with E-state index in [4.69, 9.17) is 0 Å². The standard InChI is InChI=1S/C15H25N/c1-6-16-10-14-8-7-13(11(2)3)9-15(14)12(4)5/h7-9,11-12,16H,6,10H2,1-5H3. The first kappa shape index (κ1) is 13.2. The number of hydrogen-bond donors (Lipinski definition) is 1. The predicted octanol–water partition coefficient (Wildman–Crippen LogP) is 4.04. The molecule has 0 radical (unpaired) electrons. The van der Waals surface area contributed by atoms with E-state index in [1.807, 2.05) is 0 Å². The highest BCUT2D eigenvalue weighted by atomic mass is 14.8. The van der Waals surface area contributed by atoms with E-state index in [-0.39, 0.29) is 0 Å². The Labute approximate surface area is 100 Å². The van der Waals surface area contributed by atoms with Crippen LogP contribution in [0.5, 0.6) is 0 Å². The number of benzene rings is 1. The maximum Gasteiger partial charge on any atom is 0.0208 e. The molecule has 1 N–H and O–H groups in total. The van der Waals surface area contributed by atoms with Crippen molar-refractivity contribution in [2.24, 2.45) is 0 Å². The Bertz CT molecular complexity index is 326. The SMILES string of the molecule is CCNCc1ccc(C(C)C)cc1C(C)C. The van der Waals surface area contributed by atoms with Gasteiger partial charge in [0.15, 0.2) is 0 Å². The van der Waals surface area contributed by atoms with Crippen molar-refractivity contribution in [3.8, 4) is 0 Å². The Morgan fingerprint density at radius 1 is 1.06 bits per heavy atom. The Morgan fingerprint density at radius 2 is 1.75 bits per heavy atom. The summed E-state index contributed by atoms with van der Waals surface area (Å²) in [5.74, 6) is 1.22. The quantitative estimate of drug-likeness (QED) is 0.788. The second-order valence-corrected chi connectivity index (χ2v) is 5.05. The van der Waals surface area contributed by atoms with E-state index >= 15 is 0 Å². The summed E-state index contributed by atoms with van der Waals surface area (Å²) in [5, 5.41) is 3.41. The van der Waals surface area contributed by atoms with Crippen LogP contribution in [0.2, 0.25) is 0 Å². The molecular formula is C15H25N. The molecule has 0 aliphatic heterocycles. The molecule has 1 heteroatoms. The molecule has 0 bridgehead atoms. The van der Waals surface area contributed by atoms with E-state index in [0.717, 1.165) is 13.1 Å². The van der Waals surface area contributed by atoms with Gasteiger partial charge in [0.1, 0.15) is 0 Å². The van der Waals surface area contributed by atoms with Crippen molar-refractivity contribution in [1.82, 2.24) is 5.32 Å².